The van der Waals surface area contributed by atoms with Crippen molar-refractivity contribution in [2.75, 3.05) is 6.54 Å². The topological polar surface area (TPSA) is 63.7 Å². The molecule has 1 aromatic heterocycles. The minimum absolute atomic E-state index is 0.00801. The summed E-state index contributed by atoms with van der Waals surface area (Å²) in [5.41, 5.74) is 8.66. The van der Waals surface area contributed by atoms with Crippen molar-refractivity contribution in [1.29, 1.82) is 10.5 Å². The van der Waals surface area contributed by atoms with Gasteiger partial charge in [0.2, 0.25) is 0 Å². The van der Waals surface area contributed by atoms with Crippen LogP contribution in [0.25, 0.3) is 11.1 Å². The smallest absolute Gasteiger partial charge is 0.0998 e. The lowest BCUT2D eigenvalue weighted by Crippen LogP contribution is -2.28. The van der Waals surface area contributed by atoms with E-state index in [2.05, 4.69) is 60.1 Å². The third-order valence-corrected chi connectivity index (χ3v) is 6.70. The second kappa shape index (κ2) is 10.2. The maximum absolute atomic E-state index is 9.79. The van der Waals surface area contributed by atoms with Crippen LogP contribution < -0.4 is 0 Å². The first kappa shape index (κ1) is 22.4. The van der Waals surface area contributed by atoms with Crippen LogP contribution in [0, 0.1) is 29.6 Å². The molecular weight excluding hydrogens is 424 g/mol. The Morgan fingerprint density at radius 1 is 0.970 bits per heavy atom. The fraction of sp³-hybridized carbons (Fsp3) is 0.179. The van der Waals surface area contributed by atoms with Gasteiger partial charge in [0.1, 0.15) is 0 Å². The Kier molecular flexibility index (Phi) is 6.95. The molecule has 1 unspecified atom stereocenters. The van der Waals surface area contributed by atoms with Crippen molar-refractivity contribution >= 4 is 11.3 Å². The number of nitriles is 2. The van der Waals surface area contributed by atoms with Crippen LogP contribution in [0.5, 0.6) is 0 Å². The molecule has 1 atom stereocenters. The van der Waals surface area contributed by atoms with Gasteiger partial charge >= 0.3 is 0 Å². The van der Waals surface area contributed by atoms with E-state index in [0.29, 0.717) is 11.1 Å². The SMILES string of the molecule is CCN(Cc1ccc(C#N)cc1)C(c1ccc(C#N)c(-c2ccccc2C)c1)c1cncs1. The van der Waals surface area contributed by atoms with Crippen molar-refractivity contribution < 1.29 is 0 Å². The third kappa shape index (κ3) is 4.86. The largest absolute Gasteiger partial charge is 0.288 e. The Labute approximate surface area is 199 Å². The van der Waals surface area contributed by atoms with Gasteiger partial charge < -0.3 is 0 Å². The summed E-state index contributed by atoms with van der Waals surface area (Å²) in [5.74, 6) is 0. The minimum Gasteiger partial charge on any atom is -0.288 e. The van der Waals surface area contributed by atoms with Gasteiger partial charge in [-0.2, -0.15) is 10.5 Å². The number of rotatable bonds is 7. The minimum atomic E-state index is 0.00801. The van der Waals surface area contributed by atoms with E-state index < -0.39 is 0 Å². The molecule has 0 saturated heterocycles. The first-order valence-electron chi connectivity index (χ1n) is 10.9. The van der Waals surface area contributed by atoms with E-state index in [9.17, 15) is 5.26 Å². The van der Waals surface area contributed by atoms with Gasteiger partial charge in [-0.25, -0.2) is 0 Å². The molecule has 0 aliphatic rings. The van der Waals surface area contributed by atoms with Gasteiger partial charge in [-0.1, -0.05) is 49.4 Å². The molecule has 5 heteroatoms. The predicted octanol–water partition coefficient (Wildman–Crippen LogP) is 6.47. The Balaban J connectivity index is 1.79. The van der Waals surface area contributed by atoms with Crippen LogP contribution in [0.15, 0.2) is 78.4 Å². The highest BCUT2D eigenvalue weighted by Gasteiger charge is 2.24. The van der Waals surface area contributed by atoms with Gasteiger partial charge in [0.15, 0.2) is 0 Å². The van der Waals surface area contributed by atoms with E-state index >= 15 is 0 Å². The van der Waals surface area contributed by atoms with Crippen LogP contribution in [0.3, 0.4) is 0 Å². The van der Waals surface area contributed by atoms with E-state index in [1.165, 1.54) is 0 Å². The number of thiazole rings is 1. The molecule has 0 N–H and O–H groups in total. The van der Waals surface area contributed by atoms with Gasteiger partial charge in [-0.15, -0.1) is 11.3 Å². The zero-order valence-corrected chi connectivity index (χ0v) is 19.5. The second-order valence-electron chi connectivity index (χ2n) is 7.91. The average Bonchev–Trinajstić information content (AvgIpc) is 3.38. The maximum Gasteiger partial charge on any atom is 0.0998 e. The van der Waals surface area contributed by atoms with Crippen LogP contribution in [-0.2, 0) is 6.54 Å². The van der Waals surface area contributed by atoms with E-state index in [0.717, 1.165) is 45.8 Å². The highest BCUT2D eigenvalue weighted by atomic mass is 32.1. The van der Waals surface area contributed by atoms with Gasteiger partial charge in [-0.05, 0) is 60.0 Å². The van der Waals surface area contributed by atoms with Gasteiger partial charge in [0.05, 0.1) is 34.8 Å². The van der Waals surface area contributed by atoms with Crippen molar-refractivity contribution in [3.05, 3.63) is 111 Å². The lowest BCUT2D eigenvalue weighted by Gasteiger charge is -2.31. The van der Waals surface area contributed by atoms with Crippen molar-refractivity contribution in [3.8, 4) is 23.3 Å². The molecule has 1 heterocycles. The molecule has 0 radical (unpaired) electrons. The highest BCUT2D eigenvalue weighted by molar-refractivity contribution is 7.09. The summed E-state index contributed by atoms with van der Waals surface area (Å²) in [7, 11) is 0. The molecule has 4 aromatic rings. The highest BCUT2D eigenvalue weighted by Crippen LogP contribution is 2.36. The van der Waals surface area contributed by atoms with Crippen molar-refractivity contribution in [3.63, 3.8) is 0 Å². The second-order valence-corrected chi connectivity index (χ2v) is 8.83. The monoisotopic (exact) mass is 448 g/mol. The van der Waals surface area contributed by atoms with E-state index in [1.807, 2.05) is 54.2 Å². The lowest BCUT2D eigenvalue weighted by molar-refractivity contribution is 0.231. The molecule has 4 nitrogen and oxygen atoms in total. The van der Waals surface area contributed by atoms with Gasteiger partial charge in [0, 0.05) is 23.2 Å². The van der Waals surface area contributed by atoms with Crippen molar-refractivity contribution in [2.24, 2.45) is 0 Å². The molecule has 33 heavy (non-hydrogen) atoms. The average molecular weight is 449 g/mol. The third-order valence-electron chi connectivity index (χ3n) is 5.88. The van der Waals surface area contributed by atoms with Crippen LogP contribution in [0.1, 0.15) is 45.7 Å². The Morgan fingerprint density at radius 3 is 2.39 bits per heavy atom. The standard InChI is InChI=1S/C28H24N4S/c1-3-32(18-22-10-8-21(15-29)9-11-22)28(27-17-31-19-33-27)23-12-13-24(16-30)26(14-23)25-7-5-4-6-20(25)2/h4-14,17,19,28H,3,18H2,1-2H3. The summed E-state index contributed by atoms with van der Waals surface area (Å²) in [5, 5.41) is 18.9. The Bertz CT molecular complexity index is 1310. The number of nitrogens with zero attached hydrogens (tertiary/aromatic N) is 4. The van der Waals surface area contributed by atoms with E-state index in [-0.39, 0.29) is 6.04 Å². The number of benzene rings is 3. The van der Waals surface area contributed by atoms with E-state index in [1.54, 1.807) is 11.3 Å². The van der Waals surface area contributed by atoms with Gasteiger partial charge in [-0.3, -0.25) is 9.88 Å². The number of aryl methyl sites for hydroxylation is 1. The first-order chi connectivity index (χ1) is 16.1. The normalized spacial score (nSPS) is 11.7. The fourth-order valence-corrected chi connectivity index (χ4v) is 4.93. The summed E-state index contributed by atoms with van der Waals surface area (Å²) < 4.78 is 0. The molecule has 4 rings (SSSR count). The van der Waals surface area contributed by atoms with Crippen LogP contribution in [-0.4, -0.2) is 16.4 Å². The molecule has 0 aliphatic heterocycles. The first-order valence-corrected chi connectivity index (χ1v) is 11.7. The molecule has 162 valence electrons. The fourth-order valence-electron chi connectivity index (χ4n) is 4.15. The van der Waals surface area contributed by atoms with E-state index in [4.69, 9.17) is 5.26 Å². The molecular formula is C28H24N4S. The quantitative estimate of drug-likeness (QED) is 0.325. The maximum atomic E-state index is 9.79. The molecule has 0 amide bonds. The molecule has 0 bridgehead atoms. The summed E-state index contributed by atoms with van der Waals surface area (Å²) in [4.78, 5) is 7.91. The zero-order chi connectivity index (χ0) is 23.2. The Hall–Kier alpha value is -3.77. The number of hydrogen-bond acceptors (Lipinski definition) is 5. The summed E-state index contributed by atoms with van der Waals surface area (Å²) in [6.45, 7) is 5.81. The predicted molar refractivity (Wildman–Crippen MR) is 133 cm³/mol. The zero-order valence-electron chi connectivity index (χ0n) is 18.7. The number of aromatic nitrogens is 1. The van der Waals surface area contributed by atoms with Gasteiger partial charge in [0.25, 0.3) is 0 Å². The summed E-state index contributed by atoms with van der Waals surface area (Å²) in [6.07, 6.45) is 1.93. The molecule has 3 aromatic carbocycles. The number of hydrogen-bond donors (Lipinski definition) is 0. The molecule has 0 spiro atoms. The van der Waals surface area contributed by atoms with Crippen molar-refractivity contribution in [1.82, 2.24) is 9.88 Å². The lowest BCUT2D eigenvalue weighted by atomic mass is 9.92. The van der Waals surface area contributed by atoms with Crippen molar-refractivity contribution in [2.45, 2.75) is 26.4 Å². The molecule has 0 fully saturated rings. The van der Waals surface area contributed by atoms with Crippen LogP contribution in [0.2, 0.25) is 0 Å². The summed E-state index contributed by atoms with van der Waals surface area (Å²) >= 11 is 1.64. The summed E-state index contributed by atoms with van der Waals surface area (Å²) in [6, 6.07) is 26.7. The Morgan fingerprint density at radius 2 is 1.76 bits per heavy atom. The molecule has 0 aliphatic carbocycles. The van der Waals surface area contributed by atoms with Crippen LogP contribution in [0.4, 0.5) is 0 Å². The molecule has 0 saturated carbocycles. The van der Waals surface area contributed by atoms with Crippen LogP contribution >= 0.6 is 11.3 Å².